The number of rotatable bonds is 4. The number of amides is 1. The number of carboxylic acid groups (broad SMARTS) is 1. The predicted molar refractivity (Wildman–Crippen MR) is 99.4 cm³/mol. The van der Waals surface area contributed by atoms with E-state index in [2.05, 4.69) is 26.6 Å². The Hall–Kier alpha value is -2.65. The fraction of sp³-hybridized carbons (Fsp3) is 0.0625. The molecule has 1 amide bonds. The topological polar surface area (TPSA) is 108 Å². The van der Waals surface area contributed by atoms with Crippen LogP contribution in [0.15, 0.2) is 40.9 Å². The Kier molecular flexibility index (Phi) is 5.94. The molecule has 130 valence electrons. The van der Waals surface area contributed by atoms with Gasteiger partial charge in [-0.1, -0.05) is 15.9 Å². The van der Waals surface area contributed by atoms with Crippen LogP contribution in [0.2, 0.25) is 0 Å². The van der Waals surface area contributed by atoms with Crippen LogP contribution >= 0.6 is 28.1 Å². The van der Waals surface area contributed by atoms with Gasteiger partial charge < -0.3 is 20.3 Å². The van der Waals surface area contributed by atoms with Gasteiger partial charge in [-0.25, -0.2) is 4.79 Å². The van der Waals surface area contributed by atoms with Crippen molar-refractivity contribution in [1.29, 1.82) is 0 Å². The van der Waals surface area contributed by atoms with E-state index in [0.29, 0.717) is 15.9 Å². The van der Waals surface area contributed by atoms with Crippen LogP contribution < -0.4 is 15.4 Å². The van der Waals surface area contributed by atoms with E-state index < -0.39 is 17.6 Å². The zero-order valence-corrected chi connectivity index (χ0v) is 15.3. The van der Waals surface area contributed by atoms with E-state index >= 15 is 0 Å². The lowest BCUT2D eigenvalue weighted by atomic mass is 10.2. The monoisotopic (exact) mass is 424 g/mol. The molecule has 25 heavy (non-hydrogen) atoms. The van der Waals surface area contributed by atoms with Gasteiger partial charge in [-0.3, -0.25) is 10.1 Å². The smallest absolute Gasteiger partial charge is 0.339 e. The first kappa shape index (κ1) is 18.7. The van der Waals surface area contributed by atoms with Crippen LogP contribution in [-0.2, 0) is 0 Å². The highest BCUT2D eigenvalue weighted by Crippen LogP contribution is 2.24. The second-order valence-corrected chi connectivity index (χ2v) is 6.11. The number of methoxy groups -OCH3 is 1. The molecule has 0 radical (unpaired) electrons. The van der Waals surface area contributed by atoms with Gasteiger partial charge in [0, 0.05) is 16.2 Å². The average molecular weight is 425 g/mol. The second-order valence-electron chi connectivity index (χ2n) is 4.79. The molecular formula is C16H13BrN2O5S. The molecule has 0 saturated heterocycles. The third-order valence-electron chi connectivity index (χ3n) is 3.12. The van der Waals surface area contributed by atoms with E-state index in [4.69, 9.17) is 22.1 Å². The van der Waals surface area contributed by atoms with Crippen molar-refractivity contribution in [2.75, 3.05) is 12.4 Å². The van der Waals surface area contributed by atoms with Gasteiger partial charge >= 0.3 is 5.97 Å². The van der Waals surface area contributed by atoms with Crippen molar-refractivity contribution < 1.29 is 24.5 Å². The third-order valence-corrected chi connectivity index (χ3v) is 3.82. The average Bonchev–Trinajstić information content (AvgIpc) is 2.54. The van der Waals surface area contributed by atoms with Crippen LogP contribution in [0.3, 0.4) is 0 Å². The first-order valence-corrected chi connectivity index (χ1v) is 8.04. The summed E-state index contributed by atoms with van der Waals surface area (Å²) in [5.41, 5.74) is 0.374. The molecule has 2 rings (SSSR count). The van der Waals surface area contributed by atoms with Crippen molar-refractivity contribution >= 4 is 50.8 Å². The number of anilines is 1. The van der Waals surface area contributed by atoms with Gasteiger partial charge in [0.2, 0.25) is 0 Å². The molecule has 0 atom stereocenters. The highest BCUT2D eigenvalue weighted by molar-refractivity contribution is 9.10. The summed E-state index contributed by atoms with van der Waals surface area (Å²) in [6.45, 7) is 0. The summed E-state index contributed by atoms with van der Waals surface area (Å²) < 4.78 is 5.84. The minimum absolute atomic E-state index is 0.0190. The quantitative estimate of drug-likeness (QED) is 0.558. The van der Waals surface area contributed by atoms with E-state index in [-0.39, 0.29) is 16.2 Å². The Morgan fingerprint density at radius 3 is 2.48 bits per heavy atom. The van der Waals surface area contributed by atoms with Crippen LogP contribution in [0.4, 0.5) is 5.69 Å². The molecule has 0 aliphatic heterocycles. The lowest BCUT2D eigenvalue weighted by Gasteiger charge is -2.12. The molecule has 2 aromatic rings. The fourth-order valence-corrected chi connectivity index (χ4v) is 2.55. The summed E-state index contributed by atoms with van der Waals surface area (Å²) in [7, 11) is 1.45. The maximum atomic E-state index is 12.3. The normalized spacial score (nSPS) is 10.0. The van der Waals surface area contributed by atoms with Gasteiger partial charge in [0.25, 0.3) is 5.91 Å². The predicted octanol–water partition coefficient (Wildman–Crippen LogP) is 2.99. The van der Waals surface area contributed by atoms with Gasteiger partial charge in [-0.15, -0.1) is 0 Å². The number of hydrogen-bond donors (Lipinski definition) is 4. The number of hydrogen-bond acceptors (Lipinski definition) is 5. The number of carbonyl (C=O) groups excluding carboxylic acids is 1. The van der Waals surface area contributed by atoms with Crippen LogP contribution in [0.1, 0.15) is 20.7 Å². The number of carbonyl (C=O) groups is 2. The van der Waals surface area contributed by atoms with Crippen molar-refractivity contribution in [3.05, 3.63) is 52.0 Å². The van der Waals surface area contributed by atoms with E-state index in [1.54, 1.807) is 18.2 Å². The first-order chi connectivity index (χ1) is 11.8. The standard InChI is InChI=1S/C16H13BrN2O5S/c1-24-13-5-2-8(17)6-11(13)14(21)19-16(25)18-9-3-4-10(15(22)23)12(20)7-9/h2-7,20H,1H3,(H,22,23)(H2,18,19,21,25). The summed E-state index contributed by atoms with van der Waals surface area (Å²) >= 11 is 8.34. The summed E-state index contributed by atoms with van der Waals surface area (Å²) in [4.78, 5) is 23.2. The molecule has 0 unspecified atom stereocenters. The molecule has 0 heterocycles. The lowest BCUT2D eigenvalue weighted by Crippen LogP contribution is -2.34. The summed E-state index contributed by atoms with van der Waals surface area (Å²) in [6, 6.07) is 8.80. The van der Waals surface area contributed by atoms with Crippen LogP contribution in [0.25, 0.3) is 0 Å². The van der Waals surface area contributed by atoms with Crippen molar-refractivity contribution in [2.24, 2.45) is 0 Å². The number of thiocarbonyl (C=S) groups is 1. The molecule has 0 aromatic heterocycles. The van der Waals surface area contributed by atoms with Gasteiger partial charge in [0.1, 0.15) is 17.1 Å². The number of ether oxygens (including phenoxy) is 1. The number of nitrogens with one attached hydrogen (secondary N) is 2. The maximum absolute atomic E-state index is 12.3. The zero-order chi connectivity index (χ0) is 18.6. The number of aromatic carboxylic acids is 1. The zero-order valence-electron chi connectivity index (χ0n) is 12.9. The maximum Gasteiger partial charge on any atom is 0.339 e. The van der Waals surface area contributed by atoms with Gasteiger partial charge in [0.05, 0.1) is 12.7 Å². The van der Waals surface area contributed by atoms with E-state index in [1.165, 1.54) is 25.3 Å². The van der Waals surface area contributed by atoms with E-state index in [0.717, 1.165) is 0 Å². The minimum Gasteiger partial charge on any atom is -0.507 e. The van der Waals surface area contributed by atoms with Crippen LogP contribution in [0, 0.1) is 0 Å². The number of halogens is 1. The Labute approximate surface area is 156 Å². The molecular weight excluding hydrogens is 412 g/mol. The van der Waals surface area contributed by atoms with Crippen LogP contribution in [0.5, 0.6) is 11.5 Å². The first-order valence-electron chi connectivity index (χ1n) is 6.84. The molecule has 0 aliphatic carbocycles. The van der Waals surface area contributed by atoms with E-state index in [9.17, 15) is 14.7 Å². The van der Waals surface area contributed by atoms with Crippen LogP contribution in [-0.4, -0.2) is 34.3 Å². The van der Waals surface area contributed by atoms with Gasteiger partial charge in [0.15, 0.2) is 5.11 Å². The SMILES string of the molecule is COc1ccc(Br)cc1C(=O)NC(=S)Nc1ccc(C(=O)O)c(O)c1. The summed E-state index contributed by atoms with van der Waals surface area (Å²) in [5, 5.41) is 23.7. The Morgan fingerprint density at radius 1 is 1.16 bits per heavy atom. The largest absolute Gasteiger partial charge is 0.507 e. The van der Waals surface area contributed by atoms with Gasteiger partial charge in [-0.05, 0) is 42.5 Å². The number of carboxylic acids is 1. The number of aromatic hydroxyl groups is 1. The molecule has 0 saturated carbocycles. The lowest BCUT2D eigenvalue weighted by molar-refractivity contribution is 0.0693. The van der Waals surface area contributed by atoms with Gasteiger partial charge in [-0.2, -0.15) is 0 Å². The minimum atomic E-state index is -1.25. The highest BCUT2D eigenvalue weighted by atomic mass is 79.9. The second kappa shape index (κ2) is 7.95. The molecule has 0 fully saturated rings. The molecule has 0 bridgehead atoms. The highest BCUT2D eigenvalue weighted by Gasteiger charge is 2.15. The fourth-order valence-electron chi connectivity index (χ4n) is 1.98. The van der Waals surface area contributed by atoms with Crippen molar-refractivity contribution in [3.63, 3.8) is 0 Å². The molecule has 7 nitrogen and oxygen atoms in total. The molecule has 2 aromatic carbocycles. The Balaban J connectivity index is 2.10. The van der Waals surface area contributed by atoms with Crippen molar-refractivity contribution in [3.8, 4) is 11.5 Å². The Bertz CT molecular complexity index is 856. The molecule has 0 aliphatic rings. The number of benzene rings is 2. The molecule has 0 spiro atoms. The third kappa shape index (κ3) is 4.68. The Morgan fingerprint density at radius 2 is 1.88 bits per heavy atom. The molecule has 4 N–H and O–H groups in total. The summed E-state index contributed by atoms with van der Waals surface area (Å²) in [5.74, 6) is -1.77. The van der Waals surface area contributed by atoms with E-state index in [1.807, 2.05) is 0 Å². The molecule has 9 heteroatoms. The van der Waals surface area contributed by atoms with Crippen molar-refractivity contribution in [2.45, 2.75) is 0 Å². The summed E-state index contributed by atoms with van der Waals surface area (Å²) in [6.07, 6.45) is 0. The van der Waals surface area contributed by atoms with Crippen molar-refractivity contribution in [1.82, 2.24) is 5.32 Å². The number of phenols is 1.